The van der Waals surface area contributed by atoms with Crippen molar-refractivity contribution in [3.8, 4) is 0 Å². The molecule has 0 unspecified atom stereocenters. The highest BCUT2D eigenvalue weighted by Crippen LogP contribution is 2.28. The smallest absolute Gasteiger partial charge is 0.220 e. The lowest BCUT2D eigenvalue weighted by Gasteiger charge is -2.34. The van der Waals surface area contributed by atoms with E-state index in [9.17, 15) is 4.79 Å². The van der Waals surface area contributed by atoms with Crippen LogP contribution >= 0.6 is 0 Å². The van der Waals surface area contributed by atoms with Crippen LogP contribution < -0.4 is 10.6 Å². The summed E-state index contributed by atoms with van der Waals surface area (Å²) in [6.45, 7) is 6.70. The molecule has 2 aliphatic rings. The quantitative estimate of drug-likeness (QED) is 0.735. The second-order valence-corrected chi connectivity index (χ2v) is 5.43. The number of carbonyl (C=O) groups excluding carboxylic acids is 1. The molecule has 0 bridgehead atoms. The molecule has 92 valence electrons. The first kappa shape index (κ1) is 11.9. The van der Waals surface area contributed by atoms with Crippen LogP contribution in [-0.4, -0.2) is 38.8 Å². The Morgan fingerprint density at radius 3 is 2.69 bits per heavy atom. The van der Waals surface area contributed by atoms with Gasteiger partial charge in [-0.25, -0.2) is 0 Å². The first-order valence-corrected chi connectivity index (χ1v) is 6.23. The molecule has 2 N–H and O–H groups in total. The van der Waals surface area contributed by atoms with Crippen molar-refractivity contribution in [2.75, 3.05) is 32.8 Å². The van der Waals surface area contributed by atoms with Crippen molar-refractivity contribution < 1.29 is 9.53 Å². The van der Waals surface area contributed by atoms with Crippen LogP contribution in [0.2, 0.25) is 0 Å². The van der Waals surface area contributed by atoms with Gasteiger partial charge >= 0.3 is 0 Å². The van der Waals surface area contributed by atoms with Crippen LogP contribution in [-0.2, 0) is 9.53 Å². The average molecular weight is 226 g/mol. The van der Waals surface area contributed by atoms with Crippen molar-refractivity contribution in [3.63, 3.8) is 0 Å². The zero-order valence-corrected chi connectivity index (χ0v) is 10.1. The lowest BCUT2D eigenvalue weighted by molar-refractivity contribution is -0.123. The number of amides is 1. The van der Waals surface area contributed by atoms with E-state index in [0.717, 1.165) is 45.7 Å². The summed E-state index contributed by atoms with van der Waals surface area (Å²) < 4.78 is 5.34. The van der Waals surface area contributed by atoms with Gasteiger partial charge in [0.1, 0.15) is 0 Å². The first-order chi connectivity index (χ1) is 7.68. The van der Waals surface area contributed by atoms with Gasteiger partial charge in [-0.2, -0.15) is 0 Å². The Morgan fingerprint density at radius 1 is 1.44 bits per heavy atom. The molecule has 0 saturated carbocycles. The molecule has 2 aliphatic heterocycles. The first-order valence-electron chi connectivity index (χ1n) is 6.23. The van der Waals surface area contributed by atoms with E-state index in [1.165, 1.54) is 0 Å². The minimum Gasteiger partial charge on any atom is -0.381 e. The van der Waals surface area contributed by atoms with E-state index >= 15 is 0 Å². The van der Waals surface area contributed by atoms with Crippen LogP contribution in [0.5, 0.6) is 0 Å². The second kappa shape index (κ2) is 5.15. The van der Waals surface area contributed by atoms with Gasteiger partial charge in [0.15, 0.2) is 0 Å². The molecule has 0 atom stereocenters. The fraction of sp³-hybridized carbons (Fsp3) is 0.917. The standard InChI is InChI=1S/C12H22N2O2/c1-12(2-4-16-5-3-12)9-14-11(15)6-10-7-13-8-10/h10,13H,2-9H2,1H3,(H,14,15). The maximum Gasteiger partial charge on any atom is 0.220 e. The second-order valence-electron chi connectivity index (χ2n) is 5.43. The van der Waals surface area contributed by atoms with Crippen molar-refractivity contribution in [2.24, 2.45) is 11.3 Å². The molecular weight excluding hydrogens is 204 g/mol. The van der Waals surface area contributed by atoms with Crippen molar-refractivity contribution in [2.45, 2.75) is 26.2 Å². The van der Waals surface area contributed by atoms with E-state index < -0.39 is 0 Å². The van der Waals surface area contributed by atoms with Gasteiger partial charge in [-0.15, -0.1) is 0 Å². The summed E-state index contributed by atoms with van der Waals surface area (Å²) in [6, 6.07) is 0. The number of hydrogen-bond acceptors (Lipinski definition) is 3. The van der Waals surface area contributed by atoms with Crippen molar-refractivity contribution in [3.05, 3.63) is 0 Å². The number of hydrogen-bond donors (Lipinski definition) is 2. The van der Waals surface area contributed by atoms with E-state index in [4.69, 9.17) is 4.74 Å². The third-order valence-electron chi connectivity index (χ3n) is 3.75. The van der Waals surface area contributed by atoms with Crippen LogP contribution in [0.4, 0.5) is 0 Å². The summed E-state index contributed by atoms with van der Waals surface area (Å²) in [6.07, 6.45) is 2.79. The monoisotopic (exact) mass is 226 g/mol. The Bertz CT molecular complexity index is 245. The van der Waals surface area contributed by atoms with Crippen molar-refractivity contribution in [1.29, 1.82) is 0 Å². The van der Waals surface area contributed by atoms with Crippen LogP contribution in [0.1, 0.15) is 26.2 Å². The SMILES string of the molecule is CC1(CNC(=O)CC2CNC2)CCOCC1. The molecular formula is C12H22N2O2. The molecule has 0 spiro atoms. The van der Waals surface area contributed by atoms with E-state index in [2.05, 4.69) is 17.6 Å². The average Bonchev–Trinajstić information content (AvgIpc) is 2.22. The fourth-order valence-electron chi connectivity index (χ4n) is 2.18. The summed E-state index contributed by atoms with van der Waals surface area (Å²) in [4.78, 5) is 11.7. The molecule has 0 aromatic rings. The molecule has 4 nitrogen and oxygen atoms in total. The molecule has 2 saturated heterocycles. The lowest BCUT2D eigenvalue weighted by atomic mass is 9.82. The summed E-state index contributed by atoms with van der Waals surface area (Å²) in [5.41, 5.74) is 0.242. The Kier molecular flexibility index (Phi) is 3.82. The number of carbonyl (C=O) groups is 1. The molecule has 1 amide bonds. The largest absolute Gasteiger partial charge is 0.381 e. The van der Waals surface area contributed by atoms with Crippen molar-refractivity contribution in [1.82, 2.24) is 10.6 Å². The van der Waals surface area contributed by atoms with Crippen LogP contribution in [0.25, 0.3) is 0 Å². The Morgan fingerprint density at radius 2 is 2.12 bits per heavy atom. The highest BCUT2D eigenvalue weighted by Gasteiger charge is 2.28. The van der Waals surface area contributed by atoms with Gasteiger partial charge in [-0.05, 0) is 37.3 Å². The Hall–Kier alpha value is -0.610. The van der Waals surface area contributed by atoms with Crippen molar-refractivity contribution >= 4 is 5.91 Å². The third-order valence-corrected chi connectivity index (χ3v) is 3.75. The maximum absolute atomic E-state index is 11.7. The molecule has 16 heavy (non-hydrogen) atoms. The van der Waals surface area contributed by atoms with Gasteiger partial charge in [-0.3, -0.25) is 4.79 Å². The van der Waals surface area contributed by atoms with Crippen LogP contribution in [0.15, 0.2) is 0 Å². The summed E-state index contributed by atoms with van der Waals surface area (Å²) >= 11 is 0. The molecule has 2 rings (SSSR count). The minimum absolute atomic E-state index is 0.208. The zero-order chi connectivity index (χ0) is 11.4. The molecule has 4 heteroatoms. The Balaban J connectivity index is 1.66. The van der Waals surface area contributed by atoms with Crippen LogP contribution in [0, 0.1) is 11.3 Å². The number of ether oxygens (including phenoxy) is 1. The van der Waals surface area contributed by atoms with Gasteiger partial charge in [-0.1, -0.05) is 6.92 Å². The predicted molar refractivity (Wildman–Crippen MR) is 62.1 cm³/mol. The highest BCUT2D eigenvalue weighted by atomic mass is 16.5. The van der Waals surface area contributed by atoms with E-state index in [1.807, 2.05) is 0 Å². The third kappa shape index (κ3) is 3.19. The number of rotatable bonds is 4. The lowest BCUT2D eigenvalue weighted by Crippen LogP contribution is -2.46. The molecule has 0 aromatic carbocycles. The highest BCUT2D eigenvalue weighted by molar-refractivity contribution is 5.76. The summed E-state index contributed by atoms with van der Waals surface area (Å²) in [5.74, 6) is 0.765. The van der Waals surface area contributed by atoms with Gasteiger partial charge in [0.2, 0.25) is 5.91 Å². The fourth-order valence-corrected chi connectivity index (χ4v) is 2.18. The molecule has 0 radical (unpaired) electrons. The maximum atomic E-state index is 11.7. The predicted octanol–water partition coefficient (Wildman–Crippen LogP) is 0.529. The summed E-state index contributed by atoms with van der Waals surface area (Å²) in [7, 11) is 0. The van der Waals surface area contributed by atoms with Crippen LogP contribution in [0.3, 0.4) is 0 Å². The van der Waals surface area contributed by atoms with E-state index in [1.54, 1.807) is 0 Å². The number of nitrogens with one attached hydrogen (secondary N) is 2. The molecule has 2 fully saturated rings. The van der Waals surface area contributed by atoms with Gasteiger partial charge in [0.05, 0.1) is 0 Å². The summed E-state index contributed by atoms with van der Waals surface area (Å²) in [5, 5.41) is 6.25. The molecule has 0 aliphatic carbocycles. The zero-order valence-electron chi connectivity index (χ0n) is 10.1. The van der Waals surface area contributed by atoms with E-state index in [-0.39, 0.29) is 11.3 Å². The molecule has 2 heterocycles. The minimum atomic E-state index is 0.208. The molecule has 0 aromatic heterocycles. The topological polar surface area (TPSA) is 50.4 Å². The van der Waals surface area contributed by atoms with Gasteiger partial charge in [0, 0.05) is 26.2 Å². The van der Waals surface area contributed by atoms with Gasteiger partial charge in [0.25, 0.3) is 0 Å². The van der Waals surface area contributed by atoms with E-state index in [0.29, 0.717) is 12.3 Å². The van der Waals surface area contributed by atoms with Gasteiger partial charge < -0.3 is 15.4 Å². The Labute approximate surface area is 97.1 Å². The normalized spacial score (nSPS) is 24.8.